The van der Waals surface area contributed by atoms with Crippen LogP contribution in [0.3, 0.4) is 0 Å². The Balaban J connectivity index is 1.99. The van der Waals surface area contributed by atoms with Gasteiger partial charge in [0.25, 0.3) is 0 Å². The minimum Gasteiger partial charge on any atom is -0.354 e. The highest BCUT2D eigenvalue weighted by molar-refractivity contribution is 5.74. The van der Waals surface area contributed by atoms with Crippen LogP contribution in [0, 0.1) is 0 Å². The zero-order valence-corrected chi connectivity index (χ0v) is 9.59. The molecule has 1 aliphatic rings. The molecular formula is C12H17N3O. The molecule has 2 rings (SSSR count). The third kappa shape index (κ3) is 2.39. The predicted molar refractivity (Wildman–Crippen MR) is 64.0 cm³/mol. The van der Waals surface area contributed by atoms with Crippen molar-refractivity contribution in [2.24, 2.45) is 0 Å². The number of aldehydes is 1. The Kier molecular flexibility index (Phi) is 3.51. The number of rotatable bonds is 3. The van der Waals surface area contributed by atoms with Crippen LogP contribution in [0.15, 0.2) is 18.3 Å². The van der Waals surface area contributed by atoms with Gasteiger partial charge in [0.2, 0.25) is 0 Å². The van der Waals surface area contributed by atoms with Crippen molar-refractivity contribution in [3.63, 3.8) is 0 Å². The summed E-state index contributed by atoms with van der Waals surface area (Å²) in [7, 11) is 0. The first-order valence-electron chi connectivity index (χ1n) is 5.72. The molecule has 0 aromatic carbocycles. The Labute approximate surface area is 95.9 Å². The molecule has 0 bridgehead atoms. The predicted octanol–water partition coefficient (Wildman–Crippen LogP) is 1.04. The number of aromatic nitrogens is 1. The summed E-state index contributed by atoms with van der Waals surface area (Å²) >= 11 is 0. The fourth-order valence-corrected chi connectivity index (χ4v) is 1.95. The minimum absolute atomic E-state index is 0.635. The van der Waals surface area contributed by atoms with Gasteiger partial charge < -0.3 is 9.80 Å². The molecule has 16 heavy (non-hydrogen) atoms. The van der Waals surface area contributed by atoms with E-state index in [1.165, 1.54) is 0 Å². The number of pyridine rings is 1. The smallest absolute Gasteiger partial charge is 0.151 e. The van der Waals surface area contributed by atoms with Gasteiger partial charge >= 0.3 is 0 Å². The average Bonchev–Trinajstić information content (AvgIpc) is 2.39. The molecule has 4 heteroatoms. The van der Waals surface area contributed by atoms with E-state index in [0.717, 1.165) is 44.8 Å². The second-order valence-electron chi connectivity index (χ2n) is 3.99. The van der Waals surface area contributed by atoms with Crippen LogP contribution in [0.25, 0.3) is 0 Å². The zero-order valence-electron chi connectivity index (χ0n) is 9.59. The molecule has 0 N–H and O–H groups in total. The van der Waals surface area contributed by atoms with Crippen LogP contribution in [-0.4, -0.2) is 48.9 Å². The fraction of sp³-hybridized carbons (Fsp3) is 0.500. The van der Waals surface area contributed by atoms with Crippen molar-refractivity contribution in [2.45, 2.75) is 6.92 Å². The lowest BCUT2D eigenvalue weighted by molar-refractivity contribution is 0.112. The molecule has 0 aliphatic carbocycles. The lowest BCUT2D eigenvalue weighted by atomic mass is 10.2. The van der Waals surface area contributed by atoms with Crippen LogP contribution in [0.5, 0.6) is 0 Å². The molecule has 1 fully saturated rings. The average molecular weight is 219 g/mol. The maximum absolute atomic E-state index is 10.5. The first kappa shape index (κ1) is 11.1. The van der Waals surface area contributed by atoms with Crippen LogP contribution in [0.1, 0.15) is 17.3 Å². The van der Waals surface area contributed by atoms with Crippen molar-refractivity contribution in [3.8, 4) is 0 Å². The second kappa shape index (κ2) is 5.07. The molecule has 0 unspecified atom stereocenters. The van der Waals surface area contributed by atoms with Crippen molar-refractivity contribution >= 4 is 12.1 Å². The maximum atomic E-state index is 10.5. The Morgan fingerprint density at radius 2 is 2.06 bits per heavy atom. The summed E-state index contributed by atoms with van der Waals surface area (Å²) in [5, 5.41) is 0. The van der Waals surface area contributed by atoms with Gasteiger partial charge in [0.15, 0.2) is 6.29 Å². The SMILES string of the molecule is CCN1CCN(c2ccc(C=O)cn2)CC1. The zero-order chi connectivity index (χ0) is 11.4. The number of carbonyl (C=O) groups is 1. The van der Waals surface area contributed by atoms with Gasteiger partial charge in [-0.1, -0.05) is 6.92 Å². The van der Waals surface area contributed by atoms with E-state index < -0.39 is 0 Å². The molecule has 0 amide bonds. The van der Waals surface area contributed by atoms with Gasteiger partial charge in [-0.15, -0.1) is 0 Å². The second-order valence-corrected chi connectivity index (χ2v) is 3.99. The van der Waals surface area contributed by atoms with E-state index in [9.17, 15) is 4.79 Å². The number of hydrogen-bond donors (Lipinski definition) is 0. The number of likely N-dealkylation sites (N-methyl/N-ethyl adjacent to an activating group) is 1. The number of piperazine rings is 1. The largest absolute Gasteiger partial charge is 0.354 e. The van der Waals surface area contributed by atoms with Crippen LogP contribution in [-0.2, 0) is 0 Å². The highest BCUT2D eigenvalue weighted by Gasteiger charge is 2.16. The van der Waals surface area contributed by atoms with E-state index in [0.29, 0.717) is 5.56 Å². The van der Waals surface area contributed by atoms with Crippen LogP contribution in [0.4, 0.5) is 5.82 Å². The third-order valence-electron chi connectivity index (χ3n) is 3.05. The van der Waals surface area contributed by atoms with Gasteiger partial charge in [0.05, 0.1) is 0 Å². The third-order valence-corrected chi connectivity index (χ3v) is 3.05. The molecule has 86 valence electrons. The number of nitrogens with zero attached hydrogens (tertiary/aromatic N) is 3. The van der Waals surface area contributed by atoms with E-state index in [-0.39, 0.29) is 0 Å². The standard InChI is InChI=1S/C12H17N3O/c1-2-14-5-7-15(8-6-14)12-4-3-11(10-16)9-13-12/h3-4,9-10H,2,5-8H2,1H3. The van der Waals surface area contributed by atoms with E-state index >= 15 is 0 Å². The van der Waals surface area contributed by atoms with Crippen molar-refractivity contribution in [1.29, 1.82) is 0 Å². The topological polar surface area (TPSA) is 36.4 Å². The summed E-state index contributed by atoms with van der Waals surface area (Å²) in [6, 6.07) is 3.74. The molecule has 2 heterocycles. The van der Waals surface area contributed by atoms with Gasteiger partial charge in [0.1, 0.15) is 5.82 Å². The molecule has 0 radical (unpaired) electrons. The quantitative estimate of drug-likeness (QED) is 0.712. The van der Waals surface area contributed by atoms with E-state index in [1.807, 2.05) is 12.1 Å². The van der Waals surface area contributed by atoms with Gasteiger partial charge in [-0.25, -0.2) is 4.98 Å². The van der Waals surface area contributed by atoms with E-state index in [1.54, 1.807) is 6.20 Å². The summed E-state index contributed by atoms with van der Waals surface area (Å²) in [6.07, 6.45) is 2.46. The highest BCUT2D eigenvalue weighted by atomic mass is 16.1. The van der Waals surface area contributed by atoms with Gasteiger partial charge in [-0.2, -0.15) is 0 Å². The maximum Gasteiger partial charge on any atom is 0.151 e. The number of carbonyl (C=O) groups excluding carboxylic acids is 1. The molecule has 1 aromatic heterocycles. The summed E-state index contributed by atoms with van der Waals surface area (Å²) < 4.78 is 0. The fourth-order valence-electron chi connectivity index (χ4n) is 1.95. The van der Waals surface area contributed by atoms with Crippen molar-refractivity contribution in [3.05, 3.63) is 23.9 Å². The summed E-state index contributed by atoms with van der Waals surface area (Å²) in [6.45, 7) is 7.52. The summed E-state index contributed by atoms with van der Waals surface area (Å²) in [4.78, 5) is 19.5. The first-order chi connectivity index (χ1) is 7.83. The Morgan fingerprint density at radius 1 is 1.31 bits per heavy atom. The number of anilines is 1. The van der Waals surface area contributed by atoms with Crippen molar-refractivity contribution in [1.82, 2.24) is 9.88 Å². The molecule has 0 spiro atoms. The molecule has 1 aliphatic heterocycles. The molecule has 4 nitrogen and oxygen atoms in total. The van der Waals surface area contributed by atoms with E-state index in [4.69, 9.17) is 0 Å². The highest BCUT2D eigenvalue weighted by Crippen LogP contribution is 2.13. The lowest BCUT2D eigenvalue weighted by Crippen LogP contribution is -2.46. The first-order valence-corrected chi connectivity index (χ1v) is 5.72. The number of hydrogen-bond acceptors (Lipinski definition) is 4. The van der Waals surface area contributed by atoms with Crippen molar-refractivity contribution in [2.75, 3.05) is 37.6 Å². The molecular weight excluding hydrogens is 202 g/mol. The molecule has 1 saturated heterocycles. The van der Waals surface area contributed by atoms with Crippen LogP contribution >= 0.6 is 0 Å². The van der Waals surface area contributed by atoms with Gasteiger partial charge in [-0.05, 0) is 18.7 Å². The summed E-state index contributed by atoms with van der Waals surface area (Å²) in [5.74, 6) is 0.973. The molecule has 0 atom stereocenters. The lowest BCUT2D eigenvalue weighted by Gasteiger charge is -2.34. The minimum atomic E-state index is 0.635. The molecule has 0 saturated carbocycles. The Morgan fingerprint density at radius 3 is 2.56 bits per heavy atom. The summed E-state index contributed by atoms with van der Waals surface area (Å²) in [5.41, 5.74) is 0.635. The Hall–Kier alpha value is -1.42. The van der Waals surface area contributed by atoms with Crippen LogP contribution < -0.4 is 4.90 Å². The van der Waals surface area contributed by atoms with Gasteiger partial charge in [0, 0.05) is 37.9 Å². The van der Waals surface area contributed by atoms with E-state index in [2.05, 4.69) is 21.7 Å². The monoisotopic (exact) mass is 219 g/mol. The molecule has 1 aromatic rings. The normalized spacial score (nSPS) is 17.4. The van der Waals surface area contributed by atoms with Crippen molar-refractivity contribution < 1.29 is 4.79 Å². The van der Waals surface area contributed by atoms with Crippen LogP contribution in [0.2, 0.25) is 0 Å². The van der Waals surface area contributed by atoms with Gasteiger partial charge in [-0.3, -0.25) is 4.79 Å². The Bertz CT molecular complexity index is 342.